The van der Waals surface area contributed by atoms with Gasteiger partial charge in [0, 0.05) is 24.0 Å². The molecule has 1 heterocycles. The summed E-state index contributed by atoms with van der Waals surface area (Å²) in [6.07, 6.45) is 2.00. The maximum Gasteiger partial charge on any atom is 0.223 e. The molecule has 0 spiro atoms. The van der Waals surface area contributed by atoms with Crippen molar-refractivity contribution in [3.05, 3.63) is 35.9 Å². The monoisotopic (exact) mass is 292 g/mol. The lowest BCUT2D eigenvalue weighted by atomic mass is 9.96. The van der Waals surface area contributed by atoms with Crippen molar-refractivity contribution in [2.24, 2.45) is 5.92 Å². The first-order valence-corrected chi connectivity index (χ1v) is 8.49. The molecule has 0 radical (unpaired) electrons. The number of hydrogen-bond acceptors (Lipinski definition) is 3. The van der Waals surface area contributed by atoms with Crippen LogP contribution in [0.15, 0.2) is 30.3 Å². The Balaban J connectivity index is 1.55. The quantitative estimate of drug-likeness (QED) is 0.817. The van der Waals surface area contributed by atoms with Crippen LogP contribution in [-0.4, -0.2) is 43.2 Å². The zero-order chi connectivity index (χ0) is 14.2. The number of nitrogens with one attached hydrogen (secondary N) is 1. The molecule has 1 aliphatic rings. The van der Waals surface area contributed by atoms with Gasteiger partial charge in [0.25, 0.3) is 0 Å². The molecule has 1 saturated heterocycles. The lowest BCUT2D eigenvalue weighted by Gasteiger charge is -2.28. The number of piperidine rings is 1. The molecule has 0 unspecified atom stereocenters. The molecule has 1 N–H and O–H groups in total. The molecule has 3 nitrogen and oxygen atoms in total. The van der Waals surface area contributed by atoms with E-state index < -0.39 is 0 Å². The molecule has 1 aromatic carbocycles. The lowest BCUT2D eigenvalue weighted by Crippen LogP contribution is -2.39. The average molecular weight is 292 g/mol. The first-order chi connectivity index (χ1) is 9.75. The summed E-state index contributed by atoms with van der Waals surface area (Å²) in [5.74, 6) is 2.47. The fraction of sp³-hybridized carbons (Fsp3) is 0.562. The SMILES string of the molecule is CN1CCC(C(=O)NCCSCc2ccccc2)CC1. The summed E-state index contributed by atoms with van der Waals surface area (Å²) in [5.41, 5.74) is 1.35. The van der Waals surface area contributed by atoms with Gasteiger partial charge in [-0.1, -0.05) is 30.3 Å². The highest BCUT2D eigenvalue weighted by Gasteiger charge is 2.22. The number of nitrogens with zero attached hydrogens (tertiary/aromatic N) is 1. The Bertz CT molecular complexity index is 402. The van der Waals surface area contributed by atoms with Crippen molar-refractivity contribution >= 4 is 17.7 Å². The van der Waals surface area contributed by atoms with Crippen LogP contribution in [0.4, 0.5) is 0 Å². The number of hydrogen-bond donors (Lipinski definition) is 1. The molecule has 1 aliphatic heterocycles. The molecule has 0 saturated carbocycles. The van der Waals surface area contributed by atoms with Crippen LogP contribution in [-0.2, 0) is 10.5 Å². The van der Waals surface area contributed by atoms with Crippen molar-refractivity contribution in [3.8, 4) is 0 Å². The van der Waals surface area contributed by atoms with Gasteiger partial charge in [-0.05, 0) is 38.5 Å². The van der Waals surface area contributed by atoms with E-state index in [1.807, 2.05) is 17.8 Å². The predicted octanol–water partition coefficient (Wildman–Crippen LogP) is 2.38. The third kappa shape index (κ3) is 5.17. The second-order valence-corrected chi connectivity index (χ2v) is 6.51. The molecule has 110 valence electrons. The van der Waals surface area contributed by atoms with Crippen molar-refractivity contribution in [3.63, 3.8) is 0 Å². The van der Waals surface area contributed by atoms with Gasteiger partial charge in [0.05, 0.1) is 0 Å². The van der Waals surface area contributed by atoms with Crippen LogP contribution in [0.25, 0.3) is 0 Å². The minimum atomic E-state index is 0.227. The van der Waals surface area contributed by atoms with E-state index in [9.17, 15) is 4.79 Å². The Morgan fingerprint density at radius 3 is 2.70 bits per heavy atom. The van der Waals surface area contributed by atoms with Gasteiger partial charge in [-0.3, -0.25) is 4.79 Å². The summed E-state index contributed by atoms with van der Waals surface area (Å²) >= 11 is 1.87. The van der Waals surface area contributed by atoms with E-state index in [2.05, 4.69) is 41.5 Å². The van der Waals surface area contributed by atoms with Crippen LogP contribution in [0.3, 0.4) is 0 Å². The fourth-order valence-corrected chi connectivity index (χ4v) is 3.24. The Hall–Kier alpha value is -1.00. The van der Waals surface area contributed by atoms with Crippen LogP contribution in [0, 0.1) is 5.92 Å². The van der Waals surface area contributed by atoms with Gasteiger partial charge in [-0.2, -0.15) is 11.8 Å². The number of rotatable bonds is 6. The van der Waals surface area contributed by atoms with Crippen LogP contribution < -0.4 is 5.32 Å². The van der Waals surface area contributed by atoms with Crippen molar-refractivity contribution < 1.29 is 4.79 Å². The van der Waals surface area contributed by atoms with Crippen LogP contribution in [0.2, 0.25) is 0 Å². The summed E-state index contributed by atoms with van der Waals surface area (Å²) in [7, 11) is 2.12. The van der Waals surface area contributed by atoms with Gasteiger partial charge in [-0.15, -0.1) is 0 Å². The molecule has 1 amide bonds. The number of benzene rings is 1. The zero-order valence-electron chi connectivity index (χ0n) is 12.2. The second-order valence-electron chi connectivity index (χ2n) is 5.41. The first kappa shape index (κ1) is 15.4. The van der Waals surface area contributed by atoms with Crippen molar-refractivity contribution in [1.29, 1.82) is 0 Å². The average Bonchev–Trinajstić information content (AvgIpc) is 2.48. The number of thioether (sulfide) groups is 1. The third-order valence-corrected chi connectivity index (χ3v) is 4.78. The minimum Gasteiger partial charge on any atom is -0.355 e. The van der Waals surface area contributed by atoms with E-state index in [0.717, 1.165) is 44.0 Å². The summed E-state index contributed by atoms with van der Waals surface area (Å²) < 4.78 is 0. The number of amides is 1. The summed E-state index contributed by atoms with van der Waals surface area (Å²) in [6, 6.07) is 10.5. The molecular weight excluding hydrogens is 268 g/mol. The highest BCUT2D eigenvalue weighted by atomic mass is 32.2. The van der Waals surface area contributed by atoms with E-state index >= 15 is 0 Å². The van der Waals surface area contributed by atoms with Gasteiger partial charge in [0.1, 0.15) is 0 Å². The van der Waals surface area contributed by atoms with E-state index in [0.29, 0.717) is 0 Å². The molecule has 4 heteroatoms. The standard InChI is InChI=1S/C16H24N2OS/c1-18-10-7-15(8-11-18)16(19)17-9-12-20-13-14-5-3-2-4-6-14/h2-6,15H,7-13H2,1H3,(H,17,19). The topological polar surface area (TPSA) is 32.3 Å². The lowest BCUT2D eigenvalue weighted by molar-refractivity contribution is -0.126. The zero-order valence-corrected chi connectivity index (χ0v) is 13.0. The molecule has 0 aromatic heterocycles. The largest absolute Gasteiger partial charge is 0.355 e. The van der Waals surface area contributed by atoms with Gasteiger partial charge >= 0.3 is 0 Å². The predicted molar refractivity (Wildman–Crippen MR) is 85.8 cm³/mol. The molecule has 0 aliphatic carbocycles. The Morgan fingerprint density at radius 1 is 1.30 bits per heavy atom. The molecule has 20 heavy (non-hydrogen) atoms. The Morgan fingerprint density at radius 2 is 2.00 bits per heavy atom. The van der Waals surface area contributed by atoms with E-state index in [-0.39, 0.29) is 11.8 Å². The highest BCUT2D eigenvalue weighted by molar-refractivity contribution is 7.98. The summed E-state index contributed by atoms with van der Waals surface area (Å²) in [5, 5.41) is 3.08. The molecule has 0 bridgehead atoms. The van der Waals surface area contributed by atoms with Gasteiger partial charge in [0.15, 0.2) is 0 Å². The van der Waals surface area contributed by atoms with Gasteiger partial charge < -0.3 is 10.2 Å². The smallest absolute Gasteiger partial charge is 0.223 e. The van der Waals surface area contributed by atoms with Crippen LogP contribution >= 0.6 is 11.8 Å². The third-order valence-electron chi connectivity index (χ3n) is 3.75. The molecular formula is C16H24N2OS. The minimum absolute atomic E-state index is 0.227. The van der Waals surface area contributed by atoms with Crippen molar-refractivity contribution in [1.82, 2.24) is 10.2 Å². The summed E-state index contributed by atoms with van der Waals surface area (Å²) in [6.45, 7) is 2.87. The summed E-state index contributed by atoms with van der Waals surface area (Å²) in [4.78, 5) is 14.3. The van der Waals surface area contributed by atoms with Crippen LogP contribution in [0.1, 0.15) is 18.4 Å². The number of carbonyl (C=O) groups is 1. The van der Waals surface area contributed by atoms with Crippen molar-refractivity contribution in [2.45, 2.75) is 18.6 Å². The first-order valence-electron chi connectivity index (χ1n) is 7.33. The Labute approximate surface area is 126 Å². The molecule has 1 aromatic rings. The van der Waals surface area contributed by atoms with Gasteiger partial charge in [0.2, 0.25) is 5.91 Å². The molecule has 1 fully saturated rings. The van der Waals surface area contributed by atoms with Crippen LogP contribution in [0.5, 0.6) is 0 Å². The number of carbonyl (C=O) groups excluding carboxylic acids is 1. The van der Waals surface area contributed by atoms with E-state index in [4.69, 9.17) is 0 Å². The molecule has 2 rings (SSSR count). The normalized spacial score (nSPS) is 17.1. The van der Waals surface area contributed by atoms with Crippen molar-refractivity contribution in [2.75, 3.05) is 32.4 Å². The Kier molecular flexibility index (Phi) is 6.40. The van der Waals surface area contributed by atoms with E-state index in [1.165, 1.54) is 5.56 Å². The second kappa shape index (κ2) is 8.32. The maximum atomic E-state index is 12.0. The fourth-order valence-electron chi connectivity index (χ4n) is 2.43. The highest BCUT2D eigenvalue weighted by Crippen LogP contribution is 2.16. The van der Waals surface area contributed by atoms with Gasteiger partial charge in [-0.25, -0.2) is 0 Å². The van der Waals surface area contributed by atoms with E-state index in [1.54, 1.807) is 0 Å². The molecule has 0 atom stereocenters. The number of likely N-dealkylation sites (tertiary alicyclic amines) is 1. The maximum absolute atomic E-state index is 12.0.